The smallest absolute Gasteiger partial charge is 0.328 e. The molecular formula is C18H20N2O5. The summed E-state index contributed by atoms with van der Waals surface area (Å²) in [5, 5.41) is 5.08. The van der Waals surface area contributed by atoms with Crippen LogP contribution in [-0.4, -0.2) is 30.4 Å². The first kappa shape index (κ1) is 18.3. The molecule has 0 saturated carbocycles. The van der Waals surface area contributed by atoms with Gasteiger partial charge in [0.15, 0.2) is 12.4 Å². The van der Waals surface area contributed by atoms with Gasteiger partial charge >= 0.3 is 5.97 Å². The van der Waals surface area contributed by atoms with Crippen LogP contribution in [0.1, 0.15) is 28.6 Å². The standard InChI is InChI=1S/C18H20N2O5/c1-11-6-7-14(9-12(11)2)20-16(21)10-25-18(23)13(3)19-17(22)15-5-4-8-24-15/h4-9,13H,10H2,1-3H3,(H,19,22)(H,20,21)/t13-/m0/s1. The van der Waals surface area contributed by atoms with Gasteiger partial charge in [-0.15, -0.1) is 0 Å². The van der Waals surface area contributed by atoms with E-state index in [1.165, 1.54) is 19.3 Å². The summed E-state index contributed by atoms with van der Waals surface area (Å²) >= 11 is 0. The highest BCUT2D eigenvalue weighted by atomic mass is 16.5. The number of carbonyl (C=O) groups is 3. The molecule has 0 unspecified atom stereocenters. The third-order valence-electron chi connectivity index (χ3n) is 3.58. The minimum atomic E-state index is -0.910. The van der Waals surface area contributed by atoms with Crippen LogP contribution in [0.25, 0.3) is 0 Å². The van der Waals surface area contributed by atoms with E-state index in [1.807, 2.05) is 26.0 Å². The number of rotatable bonds is 6. The maximum atomic E-state index is 11.9. The molecule has 0 fully saturated rings. The van der Waals surface area contributed by atoms with Crippen LogP contribution in [0.3, 0.4) is 0 Å². The zero-order valence-corrected chi connectivity index (χ0v) is 14.3. The van der Waals surface area contributed by atoms with Gasteiger partial charge < -0.3 is 19.8 Å². The summed E-state index contributed by atoms with van der Waals surface area (Å²) < 4.78 is 9.84. The number of nitrogens with one attached hydrogen (secondary N) is 2. The van der Waals surface area contributed by atoms with Crippen molar-refractivity contribution in [3.05, 3.63) is 53.5 Å². The molecule has 0 aliphatic rings. The van der Waals surface area contributed by atoms with E-state index < -0.39 is 30.4 Å². The Bertz CT molecular complexity index is 768. The Kier molecular flexibility index (Phi) is 5.94. The summed E-state index contributed by atoms with van der Waals surface area (Å²) in [5.74, 6) is -1.61. The highest BCUT2D eigenvalue weighted by molar-refractivity contribution is 5.95. The fourth-order valence-electron chi connectivity index (χ4n) is 2.01. The molecule has 1 atom stereocenters. The lowest BCUT2D eigenvalue weighted by Gasteiger charge is -2.13. The van der Waals surface area contributed by atoms with Crippen molar-refractivity contribution in [3.63, 3.8) is 0 Å². The minimum Gasteiger partial charge on any atom is -0.459 e. The molecule has 1 aromatic carbocycles. The first-order chi connectivity index (χ1) is 11.9. The third-order valence-corrected chi connectivity index (χ3v) is 3.58. The van der Waals surface area contributed by atoms with Gasteiger partial charge in [0, 0.05) is 5.69 Å². The van der Waals surface area contributed by atoms with E-state index in [9.17, 15) is 14.4 Å². The largest absolute Gasteiger partial charge is 0.459 e. The van der Waals surface area contributed by atoms with Gasteiger partial charge in [0.2, 0.25) is 0 Å². The lowest BCUT2D eigenvalue weighted by molar-refractivity contribution is -0.148. The van der Waals surface area contributed by atoms with Gasteiger partial charge in [-0.3, -0.25) is 9.59 Å². The fourth-order valence-corrected chi connectivity index (χ4v) is 2.01. The molecule has 2 amide bonds. The van der Waals surface area contributed by atoms with Crippen LogP contribution < -0.4 is 10.6 Å². The summed E-state index contributed by atoms with van der Waals surface area (Å²) in [6.45, 7) is 4.94. The summed E-state index contributed by atoms with van der Waals surface area (Å²) in [6.07, 6.45) is 1.36. The molecule has 0 spiro atoms. The average molecular weight is 344 g/mol. The fraction of sp³-hybridized carbons (Fsp3) is 0.278. The van der Waals surface area contributed by atoms with Crippen LogP contribution in [0, 0.1) is 13.8 Å². The van der Waals surface area contributed by atoms with Gasteiger partial charge in [0.25, 0.3) is 11.8 Å². The van der Waals surface area contributed by atoms with E-state index in [0.29, 0.717) is 5.69 Å². The van der Waals surface area contributed by atoms with Gasteiger partial charge in [-0.1, -0.05) is 6.07 Å². The molecule has 7 nitrogen and oxygen atoms in total. The first-order valence-electron chi connectivity index (χ1n) is 7.75. The number of benzene rings is 1. The molecule has 25 heavy (non-hydrogen) atoms. The summed E-state index contributed by atoms with van der Waals surface area (Å²) in [4.78, 5) is 35.5. The van der Waals surface area contributed by atoms with Gasteiger partial charge in [-0.2, -0.15) is 0 Å². The van der Waals surface area contributed by atoms with Crippen molar-refractivity contribution in [2.45, 2.75) is 26.8 Å². The molecule has 7 heteroatoms. The molecule has 1 heterocycles. The summed E-state index contributed by atoms with van der Waals surface area (Å²) in [6, 6.07) is 7.63. The Labute approximate surface area is 145 Å². The number of ether oxygens (including phenoxy) is 1. The Morgan fingerprint density at radius 2 is 1.92 bits per heavy atom. The number of aryl methyl sites for hydroxylation is 2. The average Bonchev–Trinajstić information content (AvgIpc) is 3.10. The van der Waals surface area contributed by atoms with Crippen LogP contribution in [-0.2, 0) is 14.3 Å². The predicted molar refractivity (Wildman–Crippen MR) is 91.1 cm³/mol. The van der Waals surface area contributed by atoms with Crippen LogP contribution in [0.15, 0.2) is 41.0 Å². The topological polar surface area (TPSA) is 97.6 Å². The lowest BCUT2D eigenvalue weighted by Crippen LogP contribution is -2.40. The SMILES string of the molecule is Cc1ccc(NC(=O)COC(=O)[C@H](C)NC(=O)c2ccco2)cc1C. The first-order valence-corrected chi connectivity index (χ1v) is 7.75. The van der Waals surface area contributed by atoms with Crippen LogP contribution >= 0.6 is 0 Å². The van der Waals surface area contributed by atoms with Gasteiger partial charge in [-0.25, -0.2) is 4.79 Å². The molecule has 2 rings (SSSR count). The van der Waals surface area contributed by atoms with E-state index in [1.54, 1.807) is 12.1 Å². The van der Waals surface area contributed by atoms with Crippen LogP contribution in [0.4, 0.5) is 5.69 Å². The molecule has 0 aliphatic heterocycles. The lowest BCUT2D eigenvalue weighted by atomic mass is 10.1. The zero-order valence-electron chi connectivity index (χ0n) is 14.3. The molecule has 0 bridgehead atoms. The second kappa shape index (κ2) is 8.14. The Hall–Kier alpha value is -3.09. The number of furan rings is 1. The van der Waals surface area contributed by atoms with Crippen molar-refractivity contribution < 1.29 is 23.5 Å². The number of anilines is 1. The number of hydrogen-bond donors (Lipinski definition) is 2. The molecule has 132 valence electrons. The van der Waals surface area contributed by atoms with E-state index >= 15 is 0 Å². The monoisotopic (exact) mass is 344 g/mol. The van der Waals surface area contributed by atoms with E-state index in [-0.39, 0.29) is 5.76 Å². The third kappa shape index (κ3) is 5.20. The molecule has 0 saturated heterocycles. The van der Waals surface area contributed by atoms with E-state index in [4.69, 9.17) is 9.15 Å². The number of esters is 1. The number of amides is 2. The number of hydrogen-bond acceptors (Lipinski definition) is 5. The summed E-state index contributed by atoms with van der Waals surface area (Å²) in [5.41, 5.74) is 2.79. The summed E-state index contributed by atoms with van der Waals surface area (Å²) in [7, 11) is 0. The van der Waals surface area contributed by atoms with Gasteiger partial charge in [0.05, 0.1) is 6.26 Å². The van der Waals surface area contributed by atoms with Crippen LogP contribution in [0.5, 0.6) is 0 Å². The predicted octanol–water partition coefficient (Wildman–Crippen LogP) is 2.20. The second-order valence-corrected chi connectivity index (χ2v) is 5.63. The van der Waals surface area contributed by atoms with Gasteiger partial charge in [-0.05, 0) is 56.2 Å². The van der Waals surface area contributed by atoms with Crippen molar-refractivity contribution >= 4 is 23.5 Å². The van der Waals surface area contributed by atoms with E-state index in [0.717, 1.165) is 11.1 Å². The molecule has 2 N–H and O–H groups in total. The van der Waals surface area contributed by atoms with E-state index in [2.05, 4.69) is 10.6 Å². The highest BCUT2D eigenvalue weighted by Crippen LogP contribution is 2.14. The minimum absolute atomic E-state index is 0.0899. The normalized spacial score (nSPS) is 11.5. The van der Waals surface area contributed by atoms with Crippen molar-refractivity contribution in [1.82, 2.24) is 5.32 Å². The Morgan fingerprint density at radius 3 is 2.56 bits per heavy atom. The van der Waals surface area contributed by atoms with Crippen LogP contribution in [0.2, 0.25) is 0 Å². The number of carbonyl (C=O) groups excluding carboxylic acids is 3. The molecular weight excluding hydrogens is 324 g/mol. The molecule has 2 aromatic rings. The Balaban J connectivity index is 1.79. The zero-order chi connectivity index (χ0) is 18.4. The van der Waals surface area contributed by atoms with Crippen molar-refractivity contribution in [2.24, 2.45) is 0 Å². The van der Waals surface area contributed by atoms with Gasteiger partial charge in [0.1, 0.15) is 6.04 Å². The van der Waals surface area contributed by atoms with Crippen molar-refractivity contribution in [1.29, 1.82) is 0 Å². The van der Waals surface area contributed by atoms with Crippen molar-refractivity contribution in [3.8, 4) is 0 Å². The quantitative estimate of drug-likeness (QED) is 0.783. The highest BCUT2D eigenvalue weighted by Gasteiger charge is 2.20. The molecule has 0 radical (unpaired) electrons. The second-order valence-electron chi connectivity index (χ2n) is 5.63. The maximum absolute atomic E-state index is 11.9. The maximum Gasteiger partial charge on any atom is 0.328 e. The Morgan fingerprint density at radius 1 is 1.16 bits per heavy atom. The van der Waals surface area contributed by atoms with Crippen molar-refractivity contribution in [2.75, 3.05) is 11.9 Å². The molecule has 0 aliphatic carbocycles. The molecule has 1 aromatic heterocycles.